The van der Waals surface area contributed by atoms with Crippen molar-refractivity contribution in [2.45, 2.75) is 235 Å². The van der Waals surface area contributed by atoms with E-state index in [9.17, 15) is 132 Å². The minimum atomic E-state index is -5.90. The van der Waals surface area contributed by atoms with Crippen molar-refractivity contribution in [1.29, 1.82) is 0 Å². The molecule has 1 unspecified atom stereocenters. The Kier molecular flexibility index (Phi) is 28.1. The first-order valence-electron chi connectivity index (χ1n) is 27.3. The lowest BCUT2D eigenvalue weighted by molar-refractivity contribution is -0.382. The van der Waals surface area contributed by atoms with E-state index in [0.717, 1.165) is 0 Å². The molecule has 6 fully saturated rings. The second-order valence-electron chi connectivity index (χ2n) is 21.4. The topological polar surface area (TPSA) is 652 Å². The predicted octanol–water partition coefficient (Wildman–Crippen LogP) is -15.7. The standard InChI is InChI=1S/C46H83O40P/c1-11-21(56)36(32(67)42(74-11)76-15(5-49)23(58)13(54)3-47)82-45-35(70)39(28(63)19(9-53)79-45)85-46-40(30(65)26(61)17(7-51)80-46)86-87(71,72)73-10-20(24(59)14(55)4-48)81-43-33(68)37(22(57)12(2)75-43)83-44-34(69)38(27(62)18(8-52)78-44)84-41-31(66)29(64)25(60)16(6-50)77-41/h11-70H,3-10H2,1-2H3,(H,71,72)/t11-,12-,13-,14-,15+,16+,17+,18+,19+,20+,21-,22-,23-,24-,25-,26-,27+,28+,29-,30-,31+,32+,33+,34+,35+,36+,37+,38-,39-,40+,41+,42-,43-,44+,45+,46+/m0/s1. The van der Waals surface area contributed by atoms with Crippen molar-refractivity contribution in [3.63, 3.8) is 0 Å². The van der Waals surface area contributed by atoms with Crippen LogP contribution in [0.25, 0.3) is 0 Å². The SMILES string of the molecule is C[C@@H]1O[C@@H](O[C@H](COP(=O)(O)O[C@H]2[C@@H](O[C@@H]3[C@@H](O)[C@@H](O[C@@H]4[C@@H](O)[C@H](C)O[C@@H](O[C@H](CO)[C@@H](O)[C@@H](O)CO)[C@@H]4O)O[C@H](CO)[C@H]3O)O[C@H](CO)[C@H](O)[C@@H]2O)[C@@H](O)[C@@H](O)CO)[C@H](O)[C@H](O[C@H]2O[C@H](CO)[C@@H](O)[C@H](O[C@H]3O[C@H](CO)[C@H](O)[C@H](O)[C@H]3O)[C@H]2O)[C@H]1O. The molecule has 0 aromatic rings. The molecule has 41 heteroatoms. The van der Waals surface area contributed by atoms with E-state index in [-0.39, 0.29) is 0 Å². The smallest absolute Gasteiger partial charge is 0.394 e. The quantitative estimate of drug-likeness (QED) is 0.0324. The van der Waals surface area contributed by atoms with Crippen molar-refractivity contribution in [1.82, 2.24) is 0 Å². The first-order chi connectivity index (χ1) is 40.9. The molecule has 0 radical (unpaired) electrons. The zero-order chi connectivity index (χ0) is 64.8. The van der Waals surface area contributed by atoms with Crippen LogP contribution in [0.1, 0.15) is 13.8 Å². The Hall–Kier alpha value is -1.33. The van der Waals surface area contributed by atoms with Gasteiger partial charge in [0.15, 0.2) is 37.7 Å². The molecular formula is C46H83O40P. The fourth-order valence-corrected chi connectivity index (χ4v) is 11.1. The lowest BCUT2D eigenvalue weighted by Crippen LogP contribution is -2.67. The summed E-state index contributed by atoms with van der Waals surface area (Å²) in [5, 5.41) is 254. The Labute approximate surface area is 492 Å². The summed E-state index contributed by atoms with van der Waals surface area (Å²) in [5.74, 6) is 0. The molecule has 0 amide bonds. The minimum absolute atomic E-state index is 0.907. The minimum Gasteiger partial charge on any atom is -0.394 e. The van der Waals surface area contributed by atoms with Gasteiger partial charge in [-0.3, -0.25) is 9.05 Å². The van der Waals surface area contributed by atoms with Gasteiger partial charge in [-0.2, -0.15) is 0 Å². The van der Waals surface area contributed by atoms with Crippen LogP contribution in [0.4, 0.5) is 0 Å². The third-order valence-corrected chi connectivity index (χ3v) is 16.4. The first-order valence-corrected chi connectivity index (χ1v) is 28.8. The normalized spacial score (nSPS) is 46.9. The van der Waals surface area contributed by atoms with Gasteiger partial charge in [0.05, 0.1) is 65.1 Å². The van der Waals surface area contributed by atoms with Gasteiger partial charge in [0.2, 0.25) is 0 Å². The molecule has 0 spiro atoms. The van der Waals surface area contributed by atoms with E-state index in [4.69, 9.17) is 65.9 Å². The molecule has 0 aromatic heterocycles. The summed E-state index contributed by atoms with van der Waals surface area (Å²) in [7, 11) is -5.90. The molecule has 0 aromatic carbocycles. The number of ether oxygens (including phenoxy) is 12. The predicted molar refractivity (Wildman–Crippen MR) is 265 cm³/mol. The summed E-state index contributed by atoms with van der Waals surface area (Å²) in [4.78, 5) is 11.2. The van der Waals surface area contributed by atoms with Gasteiger partial charge in [0.1, 0.15) is 171 Å². The van der Waals surface area contributed by atoms with Crippen molar-refractivity contribution in [2.24, 2.45) is 0 Å². The Morgan fingerprint density at radius 2 is 0.701 bits per heavy atom. The van der Waals surface area contributed by atoms with Gasteiger partial charge in [-0.15, -0.1) is 0 Å². The zero-order valence-corrected chi connectivity index (χ0v) is 47.1. The highest BCUT2D eigenvalue weighted by Crippen LogP contribution is 2.48. The summed E-state index contributed by atoms with van der Waals surface area (Å²) in [6.45, 7) is -6.47. The maximum absolute atomic E-state index is 13.9. The molecule has 25 N–H and O–H groups in total. The van der Waals surface area contributed by atoms with Crippen molar-refractivity contribution >= 4 is 7.82 Å². The molecule has 6 rings (SSSR count). The second-order valence-corrected chi connectivity index (χ2v) is 22.9. The number of phosphoric acid groups is 1. The largest absolute Gasteiger partial charge is 0.472 e. The number of hydrogen-bond acceptors (Lipinski definition) is 39. The number of rotatable bonds is 28. The summed E-state index contributed by atoms with van der Waals surface area (Å²) in [6, 6.07) is 0. The number of aliphatic hydroxyl groups is 24. The van der Waals surface area contributed by atoms with Crippen molar-refractivity contribution < 1.29 is 198 Å². The van der Waals surface area contributed by atoms with E-state index in [1.165, 1.54) is 13.8 Å². The highest BCUT2D eigenvalue weighted by Gasteiger charge is 2.58. The molecule has 6 saturated heterocycles. The van der Waals surface area contributed by atoms with Crippen LogP contribution >= 0.6 is 7.82 Å². The van der Waals surface area contributed by atoms with Crippen LogP contribution in [-0.4, -0.2) is 401 Å². The lowest BCUT2D eigenvalue weighted by Gasteiger charge is -2.48. The maximum Gasteiger partial charge on any atom is 0.472 e. The summed E-state index contributed by atoms with van der Waals surface area (Å²) in [6.07, 6.45) is -73.0. The maximum atomic E-state index is 13.9. The average Bonchev–Trinajstić information content (AvgIpc) is 1.33. The van der Waals surface area contributed by atoms with E-state index >= 15 is 0 Å². The molecule has 0 aliphatic carbocycles. The van der Waals surface area contributed by atoms with Crippen molar-refractivity contribution in [2.75, 3.05) is 52.9 Å². The molecule has 6 heterocycles. The van der Waals surface area contributed by atoms with E-state index in [2.05, 4.69) is 0 Å². The van der Waals surface area contributed by atoms with Crippen LogP contribution in [0.3, 0.4) is 0 Å². The van der Waals surface area contributed by atoms with Crippen LogP contribution in [-0.2, 0) is 70.5 Å². The monoisotopic (exact) mass is 1310 g/mol. The molecule has 6 aliphatic heterocycles. The molecular weight excluding hydrogens is 1220 g/mol. The van der Waals surface area contributed by atoms with Gasteiger partial charge in [0, 0.05) is 0 Å². The van der Waals surface area contributed by atoms with Gasteiger partial charge < -0.3 is 184 Å². The van der Waals surface area contributed by atoms with Crippen LogP contribution in [0.2, 0.25) is 0 Å². The van der Waals surface area contributed by atoms with Crippen LogP contribution in [0, 0.1) is 0 Å². The summed E-state index contributed by atoms with van der Waals surface area (Å²) >= 11 is 0. The van der Waals surface area contributed by atoms with Crippen molar-refractivity contribution in [3.8, 4) is 0 Å². The molecule has 40 nitrogen and oxygen atoms in total. The highest BCUT2D eigenvalue weighted by molar-refractivity contribution is 7.47. The van der Waals surface area contributed by atoms with Crippen molar-refractivity contribution in [3.05, 3.63) is 0 Å². The fourth-order valence-electron chi connectivity index (χ4n) is 10.1. The van der Waals surface area contributed by atoms with Gasteiger partial charge in [-0.1, -0.05) is 0 Å². The van der Waals surface area contributed by atoms with Gasteiger partial charge >= 0.3 is 7.82 Å². The zero-order valence-electron chi connectivity index (χ0n) is 46.2. The van der Waals surface area contributed by atoms with Crippen LogP contribution in [0.5, 0.6) is 0 Å². The Bertz CT molecular complexity index is 2080. The molecule has 6 aliphatic rings. The fraction of sp³-hybridized carbons (Fsp3) is 1.00. The molecule has 512 valence electrons. The first kappa shape index (κ1) is 74.7. The Morgan fingerprint density at radius 1 is 0.368 bits per heavy atom. The Balaban J connectivity index is 1.18. The lowest BCUT2D eigenvalue weighted by atomic mass is 9.96. The number of phosphoric ester groups is 1. The third kappa shape index (κ3) is 17.2. The van der Waals surface area contributed by atoms with E-state index in [0.29, 0.717) is 0 Å². The van der Waals surface area contributed by atoms with Gasteiger partial charge in [-0.05, 0) is 13.8 Å². The third-order valence-electron chi connectivity index (χ3n) is 15.4. The average molecular weight is 1310 g/mol. The Morgan fingerprint density at radius 3 is 1.10 bits per heavy atom. The summed E-state index contributed by atoms with van der Waals surface area (Å²) in [5.41, 5.74) is 0. The number of hydrogen-bond donors (Lipinski definition) is 25. The molecule has 0 bridgehead atoms. The van der Waals surface area contributed by atoms with E-state index < -0.39 is 282 Å². The van der Waals surface area contributed by atoms with Gasteiger partial charge in [-0.25, -0.2) is 4.57 Å². The second kappa shape index (κ2) is 32.7. The van der Waals surface area contributed by atoms with Crippen LogP contribution < -0.4 is 0 Å². The molecule has 87 heavy (non-hydrogen) atoms. The van der Waals surface area contributed by atoms with E-state index in [1.807, 2.05) is 0 Å². The van der Waals surface area contributed by atoms with E-state index in [1.54, 1.807) is 0 Å². The van der Waals surface area contributed by atoms with Gasteiger partial charge in [0.25, 0.3) is 0 Å². The number of aliphatic hydroxyl groups excluding tert-OH is 24. The summed E-state index contributed by atoms with van der Waals surface area (Å²) < 4.78 is 90.9. The highest BCUT2D eigenvalue weighted by atomic mass is 31.2. The molecule has 0 saturated carbocycles. The molecule has 37 atom stereocenters. The van der Waals surface area contributed by atoms with Crippen LogP contribution in [0.15, 0.2) is 0 Å².